The topological polar surface area (TPSA) is 77.6 Å². The molecule has 30 heavy (non-hydrogen) atoms. The molecule has 0 spiro atoms. The number of nitrogens with zero attached hydrogens (tertiary/aromatic N) is 5. The standard InChI is InChI=1S/C22H30N6OS/c1-15-8-10-16(11-9-15)27-14-23-25-20(27)30-13-19(29)24-18-12-17(21(2,3)4)26-28(18)22(5,6)7/h8-12,14H,13H2,1-7H3,(H,24,29). The van der Waals surface area contributed by atoms with Crippen molar-refractivity contribution in [3.8, 4) is 5.69 Å². The van der Waals surface area contributed by atoms with Crippen molar-refractivity contribution in [1.29, 1.82) is 0 Å². The number of amides is 1. The van der Waals surface area contributed by atoms with Crippen LogP contribution in [0.5, 0.6) is 0 Å². The Morgan fingerprint density at radius 1 is 1.10 bits per heavy atom. The number of nitrogens with one attached hydrogen (secondary N) is 1. The Balaban J connectivity index is 1.73. The first-order chi connectivity index (χ1) is 13.9. The molecule has 0 unspecified atom stereocenters. The Morgan fingerprint density at radius 3 is 2.37 bits per heavy atom. The molecule has 0 aliphatic rings. The second-order valence-electron chi connectivity index (χ2n) is 9.40. The summed E-state index contributed by atoms with van der Waals surface area (Å²) in [5.41, 5.74) is 2.75. The molecule has 8 heteroatoms. The van der Waals surface area contributed by atoms with Gasteiger partial charge in [0.1, 0.15) is 12.1 Å². The lowest BCUT2D eigenvalue weighted by Gasteiger charge is -2.23. The second-order valence-corrected chi connectivity index (χ2v) is 10.3. The highest BCUT2D eigenvalue weighted by Gasteiger charge is 2.25. The third kappa shape index (κ3) is 5.11. The van der Waals surface area contributed by atoms with Crippen molar-refractivity contribution >= 4 is 23.5 Å². The van der Waals surface area contributed by atoms with Crippen LogP contribution < -0.4 is 5.32 Å². The third-order valence-corrected chi connectivity index (χ3v) is 5.48. The van der Waals surface area contributed by atoms with Gasteiger partial charge >= 0.3 is 0 Å². The molecular formula is C22H30N6OS. The Bertz CT molecular complexity index is 1020. The summed E-state index contributed by atoms with van der Waals surface area (Å²) in [5.74, 6) is 0.826. The molecule has 0 bridgehead atoms. The first kappa shape index (κ1) is 22.1. The molecular weight excluding hydrogens is 396 g/mol. The van der Waals surface area contributed by atoms with Crippen molar-refractivity contribution in [2.45, 2.75) is 64.6 Å². The van der Waals surface area contributed by atoms with Gasteiger partial charge in [0.2, 0.25) is 5.91 Å². The van der Waals surface area contributed by atoms with Crippen LogP contribution in [0, 0.1) is 6.92 Å². The number of aromatic nitrogens is 5. The summed E-state index contributed by atoms with van der Waals surface area (Å²) in [4.78, 5) is 12.7. The van der Waals surface area contributed by atoms with E-state index in [1.54, 1.807) is 6.33 Å². The van der Waals surface area contributed by atoms with E-state index >= 15 is 0 Å². The van der Waals surface area contributed by atoms with E-state index < -0.39 is 0 Å². The molecule has 2 heterocycles. The Kier molecular flexibility index (Phi) is 6.08. The second kappa shape index (κ2) is 8.26. The fourth-order valence-electron chi connectivity index (χ4n) is 2.86. The molecule has 7 nitrogen and oxygen atoms in total. The van der Waals surface area contributed by atoms with Gasteiger partial charge in [0.05, 0.1) is 17.0 Å². The predicted octanol–water partition coefficient (Wildman–Crippen LogP) is 4.56. The molecule has 1 N–H and O–H groups in total. The van der Waals surface area contributed by atoms with Gasteiger partial charge in [-0.3, -0.25) is 9.36 Å². The summed E-state index contributed by atoms with van der Waals surface area (Å²) in [5, 5.41) is 16.6. The summed E-state index contributed by atoms with van der Waals surface area (Å²) in [6.07, 6.45) is 1.66. The highest BCUT2D eigenvalue weighted by atomic mass is 32.2. The molecule has 1 aromatic carbocycles. The van der Waals surface area contributed by atoms with E-state index in [1.807, 2.05) is 46.5 Å². The number of carbonyl (C=O) groups excluding carboxylic acids is 1. The lowest BCUT2D eigenvalue weighted by Crippen LogP contribution is -2.27. The normalized spacial score (nSPS) is 12.2. The summed E-state index contributed by atoms with van der Waals surface area (Å²) in [6.45, 7) is 14.6. The SMILES string of the molecule is Cc1ccc(-n2cnnc2SCC(=O)Nc2cc(C(C)(C)C)nn2C(C)(C)C)cc1. The highest BCUT2D eigenvalue weighted by molar-refractivity contribution is 7.99. The van der Waals surface area contributed by atoms with Gasteiger partial charge in [0.25, 0.3) is 0 Å². The first-order valence-electron chi connectivity index (χ1n) is 9.96. The van der Waals surface area contributed by atoms with Crippen molar-refractivity contribution in [2.24, 2.45) is 0 Å². The molecule has 0 radical (unpaired) electrons. The summed E-state index contributed by atoms with van der Waals surface area (Å²) < 4.78 is 3.76. The van der Waals surface area contributed by atoms with E-state index in [1.165, 1.54) is 17.3 Å². The van der Waals surface area contributed by atoms with Crippen LogP contribution in [0.25, 0.3) is 5.69 Å². The van der Waals surface area contributed by atoms with Gasteiger partial charge in [-0.25, -0.2) is 4.68 Å². The van der Waals surface area contributed by atoms with Crippen molar-refractivity contribution in [3.63, 3.8) is 0 Å². The molecule has 0 saturated heterocycles. The van der Waals surface area contributed by atoms with Crippen LogP contribution in [0.15, 0.2) is 41.8 Å². The molecule has 1 amide bonds. The molecule has 0 aliphatic carbocycles. The predicted molar refractivity (Wildman–Crippen MR) is 121 cm³/mol. The number of anilines is 1. The molecule has 160 valence electrons. The largest absolute Gasteiger partial charge is 0.310 e. The minimum Gasteiger partial charge on any atom is -0.310 e. The zero-order valence-electron chi connectivity index (χ0n) is 18.7. The molecule has 0 atom stereocenters. The van der Waals surface area contributed by atoms with E-state index in [-0.39, 0.29) is 22.6 Å². The van der Waals surface area contributed by atoms with Crippen LogP contribution in [-0.2, 0) is 15.7 Å². The van der Waals surface area contributed by atoms with E-state index in [4.69, 9.17) is 5.10 Å². The van der Waals surface area contributed by atoms with E-state index in [0.29, 0.717) is 11.0 Å². The van der Waals surface area contributed by atoms with E-state index in [9.17, 15) is 4.79 Å². The van der Waals surface area contributed by atoms with Crippen molar-refractivity contribution in [3.05, 3.63) is 47.9 Å². The minimum absolute atomic E-state index is 0.102. The van der Waals surface area contributed by atoms with Gasteiger partial charge in [-0.15, -0.1) is 10.2 Å². The quantitative estimate of drug-likeness (QED) is 0.605. The first-order valence-corrected chi connectivity index (χ1v) is 10.9. The Hall–Kier alpha value is -2.61. The fourth-order valence-corrected chi connectivity index (χ4v) is 3.59. The van der Waals surface area contributed by atoms with Gasteiger partial charge in [-0.2, -0.15) is 5.10 Å². The van der Waals surface area contributed by atoms with Gasteiger partial charge in [0, 0.05) is 17.2 Å². The Morgan fingerprint density at radius 2 is 1.77 bits per heavy atom. The number of thioether (sulfide) groups is 1. The van der Waals surface area contributed by atoms with Crippen molar-refractivity contribution < 1.29 is 4.79 Å². The minimum atomic E-state index is -0.245. The lowest BCUT2D eigenvalue weighted by molar-refractivity contribution is -0.113. The summed E-state index contributed by atoms with van der Waals surface area (Å²) >= 11 is 1.35. The summed E-state index contributed by atoms with van der Waals surface area (Å²) in [7, 11) is 0. The summed E-state index contributed by atoms with van der Waals surface area (Å²) in [6, 6.07) is 10.1. The number of carbonyl (C=O) groups is 1. The van der Waals surface area contributed by atoms with E-state index in [2.05, 4.69) is 57.1 Å². The number of benzene rings is 1. The molecule has 2 aromatic heterocycles. The van der Waals surface area contributed by atoms with Crippen molar-refractivity contribution in [2.75, 3.05) is 11.1 Å². The Labute approximate surface area is 182 Å². The average Bonchev–Trinajstić information content (AvgIpc) is 3.27. The van der Waals surface area contributed by atoms with Crippen LogP contribution >= 0.6 is 11.8 Å². The van der Waals surface area contributed by atoms with Crippen LogP contribution in [-0.4, -0.2) is 36.2 Å². The maximum Gasteiger partial charge on any atom is 0.235 e. The van der Waals surface area contributed by atoms with Gasteiger partial charge in [0.15, 0.2) is 5.16 Å². The van der Waals surface area contributed by atoms with Crippen LogP contribution in [0.1, 0.15) is 52.8 Å². The number of hydrogen-bond donors (Lipinski definition) is 1. The molecule has 3 aromatic rings. The zero-order chi connectivity index (χ0) is 22.1. The third-order valence-electron chi connectivity index (χ3n) is 4.54. The van der Waals surface area contributed by atoms with E-state index in [0.717, 1.165) is 11.4 Å². The molecule has 0 fully saturated rings. The van der Waals surface area contributed by atoms with Crippen molar-refractivity contribution in [1.82, 2.24) is 24.5 Å². The number of aryl methyl sites for hydroxylation is 1. The fraction of sp³-hybridized carbons (Fsp3) is 0.455. The van der Waals surface area contributed by atoms with Crippen LogP contribution in [0.3, 0.4) is 0 Å². The number of hydrogen-bond acceptors (Lipinski definition) is 5. The maximum absolute atomic E-state index is 12.7. The molecule has 3 rings (SSSR count). The monoisotopic (exact) mass is 426 g/mol. The smallest absolute Gasteiger partial charge is 0.235 e. The van der Waals surface area contributed by atoms with Crippen LogP contribution in [0.4, 0.5) is 5.82 Å². The average molecular weight is 427 g/mol. The number of rotatable bonds is 5. The van der Waals surface area contributed by atoms with Crippen LogP contribution in [0.2, 0.25) is 0 Å². The highest BCUT2D eigenvalue weighted by Crippen LogP contribution is 2.28. The molecule has 0 saturated carbocycles. The molecule has 0 aliphatic heterocycles. The zero-order valence-corrected chi connectivity index (χ0v) is 19.5. The van der Waals surface area contributed by atoms with Gasteiger partial charge in [-0.1, -0.05) is 50.2 Å². The van der Waals surface area contributed by atoms with Gasteiger partial charge < -0.3 is 5.32 Å². The van der Waals surface area contributed by atoms with Gasteiger partial charge in [-0.05, 0) is 39.8 Å². The maximum atomic E-state index is 12.7. The lowest BCUT2D eigenvalue weighted by atomic mass is 9.92.